The van der Waals surface area contributed by atoms with E-state index in [0.29, 0.717) is 0 Å². The molecule has 0 aliphatic rings. The summed E-state index contributed by atoms with van der Waals surface area (Å²) in [7, 11) is 0. The average molecular weight is 304 g/mol. The number of hydrogen-bond acceptors (Lipinski definition) is 0. The first-order valence-electron chi connectivity index (χ1n) is 8.35. The Balaban J connectivity index is 2.97. The second kappa shape index (κ2) is 7.00. The zero-order valence-electron chi connectivity index (χ0n) is 15.3. The van der Waals surface area contributed by atoms with Crippen LogP contribution in [-0.4, -0.2) is 0 Å². The minimum Gasteiger partial charge on any atom is -0.0901 e. The summed E-state index contributed by atoms with van der Waals surface area (Å²) in [6.07, 6.45) is 4.55. The van der Waals surface area contributed by atoms with E-state index in [1.165, 1.54) is 33.4 Å². The summed E-state index contributed by atoms with van der Waals surface area (Å²) in [4.78, 5) is 0. The molecule has 0 aliphatic carbocycles. The van der Waals surface area contributed by atoms with Gasteiger partial charge in [-0.1, -0.05) is 71.8 Å². The zero-order chi connectivity index (χ0) is 17.0. The third-order valence-corrected chi connectivity index (χ3v) is 4.90. The quantitative estimate of drug-likeness (QED) is 0.564. The number of aryl methyl sites for hydroxylation is 2. The van der Waals surface area contributed by atoms with E-state index in [0.717, 1.165) is 0 Å². The van der Waals surface area contributed by atoms with E-state index in [-0.39, 0.29) is 5.41 Å². The van der Waals surface area contributed by atoms with Gasteiger partial charge in [0.15, 0.2) is 0 Å². The van der Waals surface area contributed by atoms with Crippen molar-refractivity contribution in [3.05, 3.63) is 94.1 Å². The standard InChI is InChI=1S/C23H28/c1-7-16-23(20(6)17(2)3,21-14-10-8-12-18(21)4)22-15-11-9-13-19(22)5/h7-16H,1-6H3/b16-7+. The summed E-state index contributed by atoms with van der Waals surface area (Å²) in [5.74, 6) is 0. The highest BCUT2D eigenvalue weighted by molar-refractivity contribution is 5.58. The van der Waals surface area contributed by atoms with Crippen molar-refractivity contribution in [2.45, 2.75) is 47.0 Å². The third-order valence-electron chi connectivity index (χ3n) is 4.90. The van der Waals surface area contributed by atoms with E-state index in [9.17, 15) is 0 Å². The molecule has 0 aliphatic heterocycles. The lowest BCUT2D eigenvalue weighted by Gasteiger charge is -2.37. The number of rotatable bonds is 4. The van der Waals surface area contributed by atoms with Crippen molar-refractivity contribution in [2.24, 2.45) is 0 Å². The Kier molecular flexibility index (Phi) is 5.26. The molecule has 120 valence electrons. The second-order valence-corrected chi connectivity index (χ2v) is 6.56. The van der Waals surface area contributed by atoms with Gasteiger partial charge >= 0.3 is 0 Å². The summed E-state index contributed by atoms with van der Waals surface area (Å²) in [5.41, 5.74) is 7.96. The highest BCUT2D eigenvalue weighted by Gasteiger charge is 2.36. The van der Waals surface area contributed by atoms with E-state index in [4.69, 9.17) is 0 Å². The fourth-order valence-corrected chi connectivity index (χ4v) is 3.53. The molecule has 0 bridgehead atoms. The van der Waals surface area contributed by atoms with Gasteiger partial charge in [-0.25, -0.2) is 0 Å². The summed E-state index contributed by atoms with van der Waals surface area (Å²) in [6.45, 7) is 13.2. The topological polar surface area (TPSA) is 0 Å². The van der Waals surface area contributed by atoms with E-state index in [2.05, 4.69) is 102 Å². The minimum atomic E-state index is -0.204. The molecule has 2 aromatic rings. The minimum absolute atomic E-state index is 0.204. The van der Waals surface area contributed by atoms with Gasteiger partial charge in [0.1, 0.15) is 0 Å². The molecule has 0 spiro atoms. The van der Waals surface area contributed by atoms with E-state index < -0.39 is 0 Å². The van der Waals surface area contributed by atoms with Crippen LogP contribution in [-0.2, 0) is 5.41 Å². The van der Waals surface area contributed by atoms with Gasteiger partial charge in [-0.15, -0.1) is 0 Å². The van der Waals surface area contributed by atoms with E-state index >= 15 is 0 Å². The Hall–Kier alpha value is -2.08. The molecule has 0 saturated carbocycles. The molecule has 2 aromatic carbocycles. The van der Waals surface area contributed by atoms with Crippen LogP contribution >= 0.6 is 0 Å². The van der Waals surface area contributed by atoms with Gasteiger partial charge < -0.3 is 0 Å². The van der Waals surface area contributed by atoms with Gasteiger partial charge in [-0.3, -0.25) is 0 Å². The van der Waals surface area contributed by atoms with Crippen molar-refractivity contribution in [3.63, 3.8) is 0 Å². The molecule has 0 radical (unpaired) electrons. The van der Waals surface area contributed by atoms with E-state index in [1.807, 2.05) is 0 Å². The van der Waals surface area contributed by atoms with Crippen molar-refractivity contribution in [2.75, 3.05) is 0 Å². The van der Waals surface area contributed by atoms with Gasteiger partial charge in [0, 0.05) is 0 Å². The molecular weight excluding hydrogens is 276 g/mol. The van der Waals surface area contributed by atoms with Crippen LogP contribution in [0.3, 0.4) is 0 Å². The summed E-state index contributed by atoms with van der Waals surface area (Å²) in [6, 6.07) is 17.5. The molecule has 0 N–H and O–H groups in total. The highest BCUT2D eigenvalue weighted by atomic mass is 14.4. The lowest BCUT2D eigenvalue weighted by Crippen LogP contribution is -2.29. The Bertz CT molecular complexity index is 695. The monoisotopic (exact) mass is 304 g/mol. The molecule has 0 heterocycles. The highest BCUT2D eigenvalue weighted by Crippen LogP contribution is 2.44. The van der Waals surface area contributed by atoms with Crippen LogP contribution in [0.5, 0.6) is 0 Å². The third kappa shape index (κ3) is 3.03. The average Bonchev–Trinajstić information content (AvgIpc) is 2.53. The molecule has 0 aromatic heterocycles. The summed E-state index contributed by atoms with van der Waals surface area (Å²) in [5, 5.41) is 0. The number of allylic oxidation sites excluding steroid dienone is 4. The second-order valence-electron chi connectivity index (χ2n) is 6.56. The largest absolute Gasteiger partial charge is 0.0901 e. The molecule has 0 nitrogen and oxygen atoms in total. The van der Waals surface area contributed by atoms with Crippen LogP contribution in [0.2, 0.25) is 0 Å². The molecule has 23 heavy (non-hydrogen) atoms. The smallest absolute Gasteiger partial charge is 0.0596 e. The SMILES string of the molecule is C/C=C/C(C(C)=C(C)C)(c1ccccc1C)c1ccccc1C. The maximum atomic E-state index is 2.36. The maximum absolute atomic E-state index is 2.36. The molecule has 0 saturated heterocycles. The van der Waals surface area contributed by atoms with Crippen molar-refractivity contribution in [3.8, 4) is 0 Å². The summed E-state index contributed by atoms with van der Waals surface area (Å²) < 4.78 is 0. The van der Waals surface area contributed by atoms with Crippen molar-refractivity contribution in [1.29, 1.82) is 0 Å². The molecule has 0 atom stereocenters. The zero-order valence-corrected chi connectivity index (χ0v) is 15.3. The molecule has 0 amide bonds. The van der Waals surface area contributed by atoms with Crippen molar-refractivity contribution >= 4 is 0 Å². The van der Waals surface area contributed by atoms with Crippen molar-refractivity contribution < 1.29 is 0 Å². The Morgan fingerprint density at radius 2 is 1.22 bits per heavy atom. The lowest BCUT2D eigenvalue weighted by atomic mass is 9.66. The first-order valence-corrected chi connectivity index (χ1v) is 8.35. The maximum Gasteiger partial charge on any atom is 0.0596 e. The van der Waals surface area contributed by atoms with Crippen LogP contribution in [0.1, 0.15) is 49.9 Å². The van der Waals surface area contributed by atoms with E-state index in [1.54, 1.807) is 0 Å². The first-order chi connectivity index (χ1) is 10.9. The molecule has 0 unspecified atom stereocenters. The Labute approximate surface area is 141 Å². The lowest BCUT2D eigenvalue weighted by molar-refractivity contribution is 0.730. The van der Waals surface area contributed by atoms with Gasteiger partial charge in [-0.2, -0.15) is 0 Å². The van der Waals surface area contributed by atoms with Crippen LogP contribution in [0, 0.1) is 13.8 Å². The summed E-state index contributed by atoms with van der Waals surface area (Å²) >= 11 is 0. The predicted octanol–water partition coefficient (Wildman–Crippen LogP) is 6.52. The van der Waals surface area contributed by atoms with Gasteiger partial charge in [0.05, 0.1) is 5.41 Å². The van der Waals surface area contributed by atoms with Gasteiger partial charge in [0.2, 0.25) is 0 Å². The number of benzene rings is 2. The Morgan fingerprint density at radius 1 is 0.783 bits per heavy atom. The fraction of sp³-hybridized carbons (Fsp3) is 0.304. The van der Waals surface area contributed by atoms with Crippen LogP contribution in [0.25, 0.3) is 0 Å². The molecule has 0 heteroatoms. The van der Waals surface area contributed by atoms with Crippen molar-refractivity contribution in [1.82, 2.24) is 0 Å². The van der Waals surface area contributed by atoms with Crippen LogP contribution in [0.4, 0.5) is 0 Å². The van der Waals surface area contributed by atoms with Crippen LogP contribution < -0.4 is 0 Å². The normalized spacial score (nSPS) is 11.7. The first kappa shape index (κ1) is 17.3. The predicted molar refractivity (Wildman–Crippen MR) is 102 cm³/mol. The Morgan fingerprint density at radius 3 is 1.57 bits per heavy atom. The van der Waals surface area contributed by atoms with Crippen LogP contribution in [0.15, 0.2) is 71.8 Å². The molecule has 0 fully saturated rings. The van der Waals surface area contributed by atoms with Gasteiger partial charge in [0.25, 0.3) is 0 Å². The molecular formula is C23H28. The van der Waals surface area contributed by atoms with Gasteiger partial charge in [-0.05, 0) is 63.8 Å². The number of hydrogen-bond donors (Lipinski definition) is 0. The fourth-order valence-electron chi connectivity index (χ4n) is 3.53. The molecule has 2 rings (SSSR count).